The summed E-state index contributed by atoms with van der Waals surface area (Å²) in [4.78, 5) is 6.85. The summed E-state index contributed by atoms with van der Waals surface area (Å²) >= 11 is 0. The maximum Gasteiger partial charge on any atom is 0.245 e. The predicted molar refractivity (Wildman–Crippen MR) is 68.5 cm³/mol. The molecule has 5 nitrogen and oxygen atoms in total. The second-order valence-electron chi connectivity index (χ2n) is 6.11. The average molecular weight is 248 g/mol. The molecule has 5 heteroatoms. The Morgan fingerprint density at radius 1 is 1.17 bits per heavy atom. The molecule has 0 aromatic carbocycles. The van der Waals surface area contributed by atoms with Crippen LogP contribution in [0.25, 0.3) is 0 Å². The topological polar surface area (TPSA) is 51.1 Å². The first kappa shape index (κ1) is 11.8. The third-order valence-electron chi connectivity index (χ3n) is 4.37. The van der Waals surface area contributed by atoms with Crippen molar-refractivity contribution >= 4 is 5.95 Å². The molecule has 0 radical (unpaired) electrons. The van der Waals surface area contributed by atoms with Gasteiger partial charge in [-0.05, 0) is 19.3 Å². The van der Waals surface area contributed by atoms with Crippen LogP contribution in [0.2, 0.25) is 0 Å². The van der Waals surface area contributed by atoms with Crippen LogP contribution in [0.15, 0.2) is 0 Å². The molecule has 0 amide bonds. The Labute approximate surface area is 108 Å². The highest BCUT2D eigenvalue weighted by molar-refractivity contribution is 5.37. The molecule has 2 atom stereocenters. The molecule has 1 aromatic rings. The first-order valence-corrected chi connectivity index (χ1v) is 6.51. The van der Waals surface area contributed by atoms with Gasteiger partial charge in [-0.2, -0.15) is 5.10 Å². The van der Waals surface area contributed by atoms with Crippen LogP contribution in [-0.4, -0.2) is 41.0 Å². The van der Waals surface area contributed by atoms with Crippen molar-refractivity contribution in [1.82, 2.24) is 15.2 Å². The van der Waals surface area contributed by atoms with Gasteiger partial charge in [0, 0.05) is 12.5 Å². The summed E-state index contributed by atoms with van der Waals surface area (Å²) in [6.07, 6.45) is 0. The lowest BCUT2D eigenvalue weighted by molar-refractivity contribution is 0.149. The van der Waals surface area contributed by atoms with E-state index in [-0.39, 0.29) is 5.41 Å². The summed E-state index contributed by atoms with van der Waals surface area (Å²) in [6, 6.07) is 0.406. The largest absolute Gasteiger partial charge is 0.379 e. The summed E-state index contributed by atoms with van der Waals surface area (Å²) < 4.78 is 5.64. The summed E-state index contributed by atoms with van der Waals surface area (Å²) in [5, 5.41) is 8.45. The van der Waals surface area contributed by atoms with Gasteiger partial charge in [0.25, 0.3) is 0 Å². The van der Waals surface area contributed by atoms with Crippen LogP contribution in [0.5, 0.6) is 0 Å². The predicted octanol–water partition coefficient (Wildman–Crippen LogP) is 1.35. The minimum absolute atomic E-state index is 0.253. The smallest absolute Gasteiger partial charge is 0.245 e. The number of aryl methyl sites for hydroxylation is 2. The number of rotatable bonds is 1. The van der Waals surface area contributed by atoms with Gasteiger partial charge in [-0.1, -0.05) is 13.8 Å². The Morgan fingerprint density at radius 3 is 2.67 bits per heavy atom. The zero-order valence-electron chi connectivity index (χ0n) is 11.5. The van der Waals surface area contributed by atoms with E-state index in [1.54, 1.807) is 0 Å². The Hall–Kier alpha value is -1.23. The molecule has 0 spiro atoms. The van der Waals surface area contributed by atoms with Gasteiger partial charge in [0.2, 0.25) is 5.95 Å². The number of anilines is 1. The fourth-order valence-corrected chi connectivity index (χ4v) is 3.06. The molecule has 0 aliphatic carbocycles. The van der Waals surface area contributed by atoms with Gasteiger partial charge in [-0.25, -0.2) is 4.98 Å². The number of aromatic nitrogens is 3. The fourth-order valence-electron chi connectivity index (χ4n) is 3.06. The van der Waals surface area contributed by atoms with Gasteiger partial charge in [0.05, 0.1) is 30.6 Å². The van der Waals surface area contributed by atoms with Gasteiger partial charge in [0.1, 0.15) is 0 Å². The number of ether oxygens (including phenoxy) is 1. The number of hydrogen-bond acceptors (Lipinski definition) is 5. The van der Waals surface area contributed by atoms with Crippen LogP contribution < -0.4 is 4.90 Å². The van der Waals surface area contributed by atoms with Crippen molar-refractivity contribution in [3.05, 3.63) is 11.4 Å². The second kappa shape index (κ2) is 3.88. The zero-order chi connectivity index (χ0) is 12.9. The van der Waals surface area contributed by atoms with Crippen LogP contribution >= 0.6 is 0 Å². The first-order valence-electron chi connectivity index (χ1n) is 6.51. The molecule has 98 valence electrons. The highest BCUT2D eigenvalue weighted by Crippen LogP contribution is 2.44. The van der Waals surface area contributed by atoms with Crippen molar-refractivity contribution in [2.75, 3.05) is 24.7 Å². The molecule has 0 N–H and O–H groups in total. The van der Waals surface area contributed by atoms with E-state index >= 15 is 0 Å². The van der Waals surface area contributed by atoms with E-state index in [9.17, 15) is 0 Å². The average Bonchev–Trinajstić information content (AvgIpc) is 2.86. The highest BCUT2D eigenvalue weighted by atomic mass is 16.5. The normalized spacial score (nSPS) is 29.7. The number of nitrogens with zero attached hydrogens (tertiary/aromatic N) is 4. The minimum atomic E-state index is 0.253. The van der Waals surface area contributed by atoms with Crippen molar-refractivity contribution in [1.29, 1.82) is 0 Å². The van der Waals surface area contributed by atoms with Gasteiger partial charge < -0.3 is 9.64 Å². The molecule has 0 unspecified atom stereocenters. The molecule has 2 aliphatic heterocycles. The van der Waals surface area contributed by atoms with E-state index in [0.717, 1.165) is 37.1 Å². The Bertz CT molecular complexity index is 474. The lowest BCUT2D eigenvalue weighted by Crippen LogP contribution is -2.34. The summed E-state index contributed by atoms with van der Waals surface area (Å²) in [6.45, 7) is 11.1. The Balaban J connectivity index is 1.95. The van der Waals surface area contributed by atoms with Crippen LogP contribution in [0, 0.1) is 25.2 Å². The molecule has 3 heterocycles. The van der Waals surface area contributed by atoms with E-state index in [1.807, 2.05) is 13.8 Å². The summed E-state index contributed by atoms with van der Waals surface area (Å²) in [5.74, 6) is 1.33. The zero-order valence-corrected chi connectivity index (χ0v) is 11.5. The third-order valence-corrected chi connectivity index (χ3v) is 4.37. The Kier molecular flexibility index (Phi) is 2.55. The number of fused-ring (bicyclic) bond motifs is 1. The molecule has 0 saturated carbocycles. The molecule has 1 aromatic heterocycles. The van der Waals surface area contributed by atoms with Crippen LogP contribution in [0.1, 0.15) is 25.2 Å². The fraction of sp³-hybridized carbons (Fsp3) is 0.769. The molecule has 0 bridgehead atoms. The van der Waals surface area contributed by atoms with Gasteiger partial charge in [0.15, 0.2) is 0 Å². The number of hydrogen-bond donors (Lipinski definition) is 0. The molecule has 2 saturated heterocycles. The van der Waals surface area contributed by atoms with E-state index in [0.29, 0.717) is 12.0 Å². The van der Waals surface area contributed by atoms with Gasteiger partial charge >= 0.3 is 0 Å². The van der Waals surface area contributed by atoms with Crippen molar-refractivity contribution in [2.24, 2.45) is 11.3 Å². The molecule has 18 heavy (non-hydrogen) atoms. The quantitative estimate of drug-likeness (QED) is 0.751. The van der Waals surface area contributed by atoms with Gasteiger partial charge in [-0.3, -0.25) is 0 Å². The maximum atomic E-state index is 5.64. The molecular formula is C13H20N4O. The van der Waals surface area contributed by atoms with Crippen LogP contribution in [0.3, 0.4) is 0 Å². The minimum Gasteiger partial charge on any atom is -0.379 e. The first-order chi connectivity index (χ1) is 8.49. The molecular weight excluding hydrogens is 228 g/mol. The lowest BCUT2D eigenvalue weighted by atomic mass is 9.80. The van der Waals surface area contributed by atoms with E-state index < -0.39 is 0 Å². The van der Waals surface area contributed by atoms with Gasteiger partial charge in [-0.15, -0.1) is 5.10 Å². The molecule has 2 aliphatic rings. The van der Waals surface area contributed by atoms with Crippen molar-refractivity contribution < 1.29 is 4.74 Å². The summed E-state index contributed by atoms with van der Waals surface area (Å²) in [5.41, 5.74) is 2.11. The van der Waals surface area contributed by atoms with Crippen molar-refractivity contribution in [3.8, 4) is 0 Å². The maximum absolute atomic E-state index is 5.64. The Morgan fingerprint density at radius 2 is 1.94 bits per heavy atom. The molecule has 2 fully saturated rings. The SMILES string of the molecule is Cc1nnc(N2CC(C)(C)[C@@H]3COC[C@@H]32)nc1C. The van der Waals surface area contributed by atoms with Crippen molar-refractivity contribution in [3.63, 3.8) is 0 Å². The standard InChI is InChI=1S/C13H20N4O/c1-8-9(2)15-16-12(14-8)17-7-13(3,4)10-5-18-6-11(10)17/h10-11H,5-7H2,1-4H3/t10-,11+/m1/s1. The highest BCUT2D eigenvalue weighted by Gasteiger charge is 2.50. The van der Waals surface area contributed by atoms with E-state index in [2.05, 4.69) is 33.9 Å². The molecule has 3 rings (SSSR count). The van der Waals surface area contributed by atoms with Crippen molar-refractivity contribution in [2.45, 2.75) is 33.7 Å². The monoisotopic (exact) mass is 248 g/mol. The summed E-state index contributed by atoms with van der Waals surface area (Å²) in [7, 11) is 0. The van der Waals surface area contributed by atoms with E-state index in [1.165, 1.54) is 0 Å². The van der Waals surface area contributed by atoms with E-state index in [4.69, 9.17) is 4.74 Å². The van der Waals surface area contributed by atoms with Crippen LogP contribution in [0.4, 0.5) is 5.95 Å². The lowest BCUT2D eigenvalue weighted by Gasteiger charge is -2.23. The third kappa shape index (κ3) is 1.68. The van der Waals surface area contributed by atoms with Crippen LogP contribution in [-0.2, 0) is 4.74 Å². The second-order valence-corrected chi connectivity index (χ2v) is 6.11.